The molecule has 1 atom stereocenters. The van der Waals surface area contributed by atoms with Gasteiger partial charge >= 0.3 is 6.18 Å². The first kappa shape index (κ1) is 29.7. The number of hydrogen-bond acceptors (Lipinski definition) is 4. The zero-order chi connectivity index (χ0) is 27.4. The van der Waals surface area contributed by atoms with Crippen molar-refractivity contribution in [2.45, 2.75) is 44.5 Å². The first-order valence-electron chi connectivity index (χ1n) is 12.5. The quantitative estimate of drug-likeness (QED) is 0.306. The van der Waals surface area contributed by atoms with Crippen LogP contribution in [0.2, 0.25) is 10.0 Å². The van der Waals surface area contributed by atoms with Crippen LogP contribution in [0.3, 0.4) is 0 Å². The number of hydrogen-bond donors (Lipinski definition) is 1. The van der Waals surface area contributed by atoms with Crippen molar-refractivity contribution >= 4 is 47.2 Å². The van der Waals surface area contributed by atoms with Crippen molar-refractivity contribution in [3.8, 4) is 11.3 Å². The molecule has 1 aliphatic heterocycles. The van der Waals surface area contributed by atoms with E-state index in [1.54, 1.807) is 12.1 Å². The highest BCUT2D eigenvalue weighted by Crippen LogP contribution is 2.53. The maximum absolute atomic E-state index is 14.6. The van der Waals surface area contributed by atoms with E-state index in [9.17, 15) is 23.1 Å². The second-order valence-electron chi connectivity index (χ2n) is 9.86. The van der Waals surface area contributed by atoms with Crippen LogP contribution < -0.4 is 4.90 Å². The summed E-state index contributed by atoms with van der Waals surface area (Å²) in [7, 11) is 0. The number of aliphatic hydroxyl groups is 1. The lowest BCUT2D eigenvalue weighted by molar-refractivity contribution is -0.142. The molecular weight excluding hydrogens is 576 g/mol. The minimum atomic E-state index is -4.87. The lowest BCUT2D eigenvalue weighted by Crippen LogP contribution is -2.50. The van der Waals surface area contributed by atoms with Gasteiger partial charge in [-0.15, -0.1) is 12.4 Å². The number of carbonyl (C=O) groups excluding carboxylic acids is 1. The molecule has 210 valence electrons. The molecule has 1 unspecified atom stereocenters. The van der Waals surface area contributed by atoms with Crippen LogP contribution in [0.4, 0.5) is 18.9 Å². The molecule has 1 saturated carbocycles. The highest BCUT2D eigenvalue weighted by Gasteiger charge is 2.57. The van der Waals surface area contributed by atoms with Crippen molar-refractivity contribution in [2.75, 3.05) is 24.5 Å². The summed E-state index contributed by atoms with van der Waals surface area (Å²) in [5, 5.41) is 12.1. The fourth-order valence-corrected chi connectivity index (χ4v) is 6.35. The monoisotopic (exact) mass is 602 g/mol. The van der Waals surface area contributed by atoms with Crippen LogP contribution in [0.5, 0.6) is 0 Å². The molecule has 1 aliphatic carbocycles. The van der Waals surface area contributed by atoms with Gasteiger partial charge in [0.1, 0.15) is 5.76 Å². The van der Waals surface area contributed by atoms with Crippen molar-refractivity contribution < 1.29 is 27.5 Å². The molecule has 5 rings (SSSR count). The van der Waals surface area contributed by atoms with Gasteiger partial charge in [-0.1, -0.05) is 43.1 Å². The predicted molar refractivity (Wildman–Crippen MR) is 148 cm³/mol. The topological polar surface area (TPSA) is 56.9 Å². The number of amides is 1. The average Bonchev–Trinajstić information content (AvgIpc) is 3.44. The average molecular weight is 604 g/mol. The van der Waals surface area contributed by atoms with E-state index in [1.165, 1.54) is 35.4 Å². The molecule has 0 spiro atoms. The summed E-state index contributed by atoms with van der Waals surface area (Å²) < 4.78 is 49.1. The Morgan fingerprint density at radius 3 is 2.38 bits per heavy atom. The summed E-state index contributed by atoms with van der Waals surface area (Å²) in [4.78, 5) is 17.6. The van der Waals surface area contributed by atoms with E-state index in [4.69, 9.17) is 27.6 Å². The van der Waals surface area contributed by atoms with E-state index in [-0.39, 0.29) is 57.5 Å². The van der Waals surface area contributed by atoms with Gasteiger partial charge in [-0.2, -0.15) is 13.2 Å². The van der Waals surface area contributed by atoms with E-state index in [2.05, 4.69) is 18.7 Å². The summed E-state index contributed by atoms with van der Waals surface area (Å²) in [6.45, 7) is 6.14. The van der Waals surface area contributed by atoms with Crippen molar-refractivity contribution in [2.24, 2.45) is 5.92 Å². The van der Waals surface area contributed by atoms with Crippen LogP contribution in [0.15, 0.2) is 53.1 Å². The largest absolute Gasteiger partial charge is 0.464 e. The van der Waals surface area contributed by atoms with Crippen LogP contribution in [-0.2, 0) is 16.6 Å². The number of benzene rings is 2. The number of furan rings is 1. The molecule has 2 aromatic carbocycles. The molecule has 3 aromatic rings. The SMILES string of the molecule is CCN(CC)C1CC(CN2C(=O)C(O)(c3ccc(Cl)cc3Cl)c3c2cc(-c2ccco2)cc3C(F)(F)F)C1.Cl. The lowest BCUT2D eigenvalue weighted by atomic mass is 9.78. The Morgan fingerprint density at radius 1 is 1.13 bits per heavy atom. The van der Waals surface area contributed by atoms with E-state index in [0.717, 1.165) is 32.0 Å². The van der Waals surface area contributed by atoms with Gasteiger partial charge in [0.05, 0.1) is 17.5 Å². The molecule has 2 heterocycles. The fraction of sp³-hybridized carbons (Fsp3) is 0.393. The number of nitrogens with zero attached hydrogens (tertiary/aromatic N) is 2. The van der Waals surface area contributed by atoms with Crippen LogP contribution >= 0.6 is 35.6 Å². The first-order chi connectivity index (χ1) is 18.0. The second kappa shape index (κ2) is 11.0. The molecule has 39 heavy (non-hydrogen) atoms. The van der Waals surface area contributed by atoms with E-state index in [1.807, 2.05) is 0 Å². The molecule has 1 aromatic heterocycles. The highest BCUT2D eigenvalue weighted by atomic mass is 35.5. The van der Waals surface area contributed by atoms with E-state index >= 15 is 0 Å². The van der Waals surface area contributed by atoms with Gasteiger partial charge in [0.2, 0.25) is 0 Å². The van der Waals surface area contributed by atoms with Crippen molar-refractivity contribution in [1.29, 1.82) is 0 Å². The Labute approximate surface area is 240 Å². The maximum atomic E-state index is 14.6. The van der Waals surface area contributed by atoms with Crippen LogP contribution in [0.25, 0.3) is 11.3 Å². The summed E-state index contributed by atoms with van der Waals surface area (Å²) in [6, 6.07) is 9.86. The maximum Gasteiger partial charge on any atom is 0.416 e. The Balaban J connectivity index is 0.00000353. The molecule has 2 aliphatic rings. The molecule has 1 fully saturated rings. The van der Waals surface area contributed by atoms with Gasteiger partial charge in [-0.3, -0.25) is 4.79 Å². The highest BCUT2D eigenvalue weighted by molar-refractivity contribution is 6.35. The summed E-state index contributed by atoms with van der Waals surface area (Å²) in [6.07, 6.45) is -1.89. The standard InChI is InChI=1S/C28H27Cl2F3N2O3.ClH/c1-3-34(4-2)19-10-16(11-19)15-35-23-13-17(24-6-5-9-38-24)12-21(28(31,32)33)25(23)27(37,26(35)36)20-8-7-18(29)14-22(20)30;/h5-9,12-14,16,19,37H,3-4,10-11,15H2,1-2H3;1H. The van der Waals surface area contributed by atoms with Gasteiger partial charge in [0.15, 0.2) is 5.60 Å². The third-order valence-electron chi connectivity index (χ3n) is 7.74. The van der Waals surface area contributed by atoms with Crippen LogP contribution in [0, 0.1) is 5.92 Å². The number of fused-ring (bicyclic) bond motifs is 1. The third kappa shape index (κ3) is 5.06. The van der Waals surface area contributed by atoms with Gasteiger partial charge in [0.25, 0.3) is 5.91 Å². The molecule has 5 nitrogen and oxygen atoms in total. The van der Waals surface area contributed by atoms with E-state index < -0.39 is 28.8 Å². The summed E-state index contributed by atoms with van der Waals surface area (Å²) >= 11 is 12.4. The van der Waals surface area contributed by atoms with Crippen LogP contribution in [0.1, 0.15) is 43.4 Å². The Bertz CT molecular complexity index is 1360. The first-order valence-corrected chi connectivity index (χ1v) is 13.3. The van der Waals surface area contributed by atoms with E-state index in [0.29, 0.717) is 6.04 Å². The second-order valence-corrected chi connectivity index (χ2v) is 10.7. The number of rotatable bonds is 7. The molecule has 1 amide bonds. The zero-order valence-corrected chi connectivity index (χ0v) is 23.6. The molecule has 0 saturated heterocycles. The lowest BCUT2D eigenvalue weighted by Gasteiger charge is -2.43. The number of carbonyl (C=O) groups is 1. The van der Waals surface area contributed by atoms with Crippen molar-refractivity contribution in [1.82, 2.24) is 4.90 Å². The predicted octanol–water partition coefficient (Wildman–Crippen LogP) is 7.40. The Hall–Kier alpha value is -2.23. The minimum Gasteiger partial charge on any atom is -0.464 e. The summed E-state index contributed by atoms with van der Waals surface area (Å²) in [5.41, 5.74) is -4.31. The minimum absolute atomic E-state index is 0. The third-order valence-corrected chi connectivity index (χ3v) is 8.28. The number of alkyl halides is 3. The van der Waals surface area contributed by atoms with Crippen molar-refractivity contribution in [3.05, 3.63) is 75.5 Å². The van der Waals surface area contributed by atoms with Gasteiger partial charge in [-0.25, -0.2) is 0 Å². The number of halogens is 6. The molecule has 11 heteroatoms. The summed E-state index contributed by atoms with van der Waals surface area (Å²) in [5.74, 6) is -0.581. The van der Waals surface area contributed by atoms with Gasteiger partial charge in [-0.05, 0) is 68.2 Å². The molecule has 0 bridgehead atoms. The Morgan fingerprint density at radius 2 is 1.82 bits per heavy atom. The fourth-order valence-electron chi connectivity index (χ4n) is 5.80. The van der Waals surface area contributed by atoms with Crippen molar-refractivity contribution in [3.63, 3.8) is 0 Å². The normalized spacial score (nSPS) is 22.6. The number of anilines is 1. The van der Waals surface area contributed by atoms with Crippen LogP contribution in [-0.4, -0.2) is 41.6 Å². The zero-order valence-electron chi connectivity index (χ0n) is 21.3. The van der Waals surface area contributed by atoms with Gasteiger partial charge in [0, 0.05) is 39.3 Å². The smallest absolute Gasteiger partial charge is 0.416 e. The Kier molecular flexibility index (Phi) is 8.37. The molecule has 1 N–H and O–H groups in total. The molecule has 0 radical (unpaired) electrons. The molecular formula is C28H28Cl3F3N2O3. The van der Waals surface area contributed by atoms with Gasteiger partial charge < -0.3 is 19.3 Å².